The Kier molecular flexibility index (Phi) is 4.54. The summed E-state index contributed by atoms with van der Waals surface area (Å²) in [5, 5.41) is 9.14. The first-order valence-corrected chi connectivity index (χ1v) is 6.91. The molecule has 1 heterocycles. The number of primary amides is 1. The van der Waals surface area contributed by atoms with Crippen LogP contribution in [0, 0.1) is 11.7 Å². The van der Waals surface area contributed by atoms with Gasteiger partial charge >= 0.3 is 0 Å². The molecule has 0 aliphatic carbocycles. The molecule has 0 radical (unpaired) electrons. The Hall–Kier alpha value is -0.980. The number of halogens is 2. The predicted octanol–water partition coefficient (Wildman–Crippen LogP) is 1.43. The molecule has 0 bridgehead atoms. The number of rotatable bonds is 4. The van der Waals surface area contributed by atoms with Gasteiger partial charge in [-0.15, -0.1) is 0 Å². The number of aliphatic hydroxyl groups is 1. The summed E-state index contributed by atoms with van der Waals surface area (Å²) in [4.78, 5) is 13.5. The summed E-state index contributed by atoms with van der Waals surface area (Å²) in [7, 11) is 0. The van der Waals surface area contributed by atoms with Crippen molar-refractivity contribution in [2.24, 2.45) is 11.7 Å². The zero-order chi connectivity index (χ0) is 14.0. The Balaban J connectivity index is 2.28. The largest absolute Gasteiger partial charge is 0.396 e. The van der Waals surface area contributed by atoms with Crippen molar-refractivity contribution in [1.82, 2.24) is 4.90 Å². The maximum absolute atomic E-state index is 14.0. The highest BCUT2D eigenvalue weighted by Gasteiger charge is 2.33. The van der Waals surface area contributed by atoms with Crippen molar-refractivity contribution in [1.29, 1.82) is 0 Å². The summed E-state index contributed by atoms with van der Waals surface area (Å²) < 4.78 is 14.6. The zero-order valence-corrected chi connectivity index (χ0v) is 11.9. The minimum Gasteiger partial charge on any atom is -0.396 e. The second kappa shape index (κ2) is 5.98. The Bertz CT molecular complexity index is 484. The number of benzene rings is 1. The van der Waals surface area contributed by atoms with Gasteiger partial charge in [-0.05, 0) is 31.0 Å². The van der Waals surface area contributed by atoms with E-state index < -0.39 is 17.8 Å². The van der Waals surface area contributed by atoms with E-state index in [1.165, 1.54) is 6.07 Å². The van der Waals surface area contributed by atoms with Crippen LogP contribution in [0.25, 0.3) is 0 Å². The van der Waals surface area contributed by atoms with Crippen molar-refractivity contribution < 1.29 is 14.3 Å². The molecule has 1 amide bonds. The quantitative estimate of drug-likeness (QED) is 0.877. The van der Waals surface area contributed by atoms with Gasteiger partial charge in [0, 0.05) is 23.2 Å². The van der Waals surface area contributed by atoms with E-state index in [1.54, 1.807) is 12.1 Å². The fraction of sp³-hybridized carbons (Fsp3) is 0.462. The maximum atomic E-state index is 14.0. The van der Waals surface area contributed by atoms with Crippen LogP contribution in [0.4, 0.5) is 4.39 Å². The van der Waals surface area contributed by atoms with Crippen LogP contribution in [0.1, 0.15) is 18.0 Å². The Morgan fingerprint density at radius 2 is 2.37 bits per heavy atom. The topological polar surface area (TPSA) is 66.6 Å². The lowest BCUT2D eigenvalue weighted by atomic mass is 10.0. The molecule has 19 heavy (non-hydrogen) atoms. The number of aliphatic hydroxyl groups excluding tert-OH is 1. The van der Waals surface area contributed by atoms with Crippen LogP contribution in [0.2, 0.25) is 0 Å². The van der Waals surface area contributed by atoms with Gasteiger partial charge in [-0.3, -0.25) is 9.69 Å². The molecule has 2 atom stereocenters. The third-order valence-electron chi connectivity index (χ3n) is 3.47. The molecule has 3 N–H and O–H groups in total. The van der Waals surface area contributed by atoms with Gasteiger partial charge < -0.3 is 10.8 Å². The first-order chi connectivity index (χ1) is 9.02. The van der Waals surface area contributed by atoms with Gasteiger partial charge in [0.1, 0.15) is 11.9 Å². The Labute approximate surface area is 119 Å². The molecule has 1 fully saturated rings. The van der Waals surface area contributed by atoms with Crippen molar-refractivity contribution in [3.63, 3.8) is 0 Å². The molecule has 4 nitrogen and oxygen atoms in total. The number of hydrogen-bond acceptors (Lipinski definition) is 3. The molecule has 0 aromatic heterocycles. The molecular formula is C13H16BrFN2O2. The fourth-order valence-corrected chi connectivity index (χ4v) is 2.83. The lowest BCUT2D eigenvalue weighted by Crippen LogP contribution is -2.37. The van der Waals surface area contributed by atoms with E-state index >= 15 is 0 Å². The maximum Gasteiger partial charge on any atom is 0.239 e. The van der Waals surface area contributed by atoms with E-state index in [-0.39, 0.29) is 18.1 Å². The summed E-state index contributed by atoms with van der Waals surface area (Å²) in [5.74, 6) is -0.897. The minimum atomic E-state index is -0.773. The van der Waals surface area contributed by atoms with Gasteiger partial charge in [-0.2, -0.15) is 0 Å². The average Bonchev–Trinajstić information content (AvgIpc) is 2.80. The van der Waals surface area contributed by atoms with Crippen molar-refractivity contribution in [3.05, 3.63) is 34.1 Å². The number of nitrogens with zero attached hydrogens (tertiary/aromatic N) is 1. The van der Waals surface area contributed by atoms with Crippen molar-refractivity contribution >= 4 is 21.8 Å². The highest BCUT2D eigenvalue weighted by atomic mass is 79.9. The van der Waals surface area contributed by atoms with E-state index in [1.807, 2.05) is 4.90 Å². The Morgan fingerprint density at radius 3 is 2.89 bits per heavy atom. The van der Waals surface area contributed by atoms with Gasteiger partial charge in [0.05, 0.1) is 0 Å². The molecule has 2 unspecified atom stereocenters. The van der Waals surface area contributed by atoms with Gasteiger partial charge in [0.2, 0.25) is 5.91 Å². The smallest absolute Gasteiger partial charge is 0.239 e. The third-order valence-corrected chi connectivity index (χ3v) is 3.96. The molecule has 1 aromatic rings. The summed E-state index contributed by atoms with van der Waals surface area (Å²) in [6, 6.07) is 3.81. The van der Waals surface area contributed by atoms with E-state index in [9.17, 15) is 9.18 Å². The highest BCUT2D eigenvalue weighted by molar-refractivity contribution is 9.10. The second-order valence-electron chi connectivity index (χ2n) is 4.80. The molecule has 6 heteroatoms. The molecular weight excluding hydrogens is 315 g/mol. The van der Waals surface area contributed by atoms with E-state index in [4.69, 9.17) is 10.8 Å². The molecule has 1 aromatic carbocycles. The predicted molar refractivity (Wildman–Crippen MR) is 72.8 cm³/mol. The van der Waals surface area contributed by atoms with Crippen LogP contribution in [0.5, 0.6) is 0 Å². The van der Waals surface area contributed by atoms with Crippen molar-refractivity contribution in [2.45, 2.75) is 12.5 Å². The molecule has 0 spiro atoms. The number of hydrogen-bond donors (Lipinski definition) is 2. The first-order valence-electron chi connectivity index (χ1n) is 6.12. The lowest BCUT2D eigenvalue weighted by molar-refractivity contribution is -0.123. The summed E-state index contributed by atoms with van der Waals surface area (Å²) in [6.07, 6.45) is 0.790. The SMILES string of the molecule is NC(=O)C(c1ccc(Br)cc1F)N1CCC(CO)C1. The van der Waals surface area contributed by atoms with E-state index in [2.05, 4.69) is 15.9 Å². The summed E-state index contributed by atoms with van der Waals surface area (Å²) >= 11 is 3.18. The van der Waals surface area contributed by atoms with E-state index in [0.717, 1.165) is 6.42 Å². The third kappa shape index (κ3) is 3.13. The highest BCUT2D eigenvalue weighted by Crippen LogP contribution is 2.30. The number of carbonyl (C=O) groups is 1. The zero-order valence-electron chi connectivity index (χ0n) is 10.4. The van der Waals surface area contributed by atoms with Crippen LogP contribution in [0.3, 0.4) is 0 Å². The van der Waals surface area contributed by atoms with Crippen LogP contribution in [-0.4, -0.2) is 35.6 Å². The first kappa shape index (κ1) is 14.4. The van der Waals surface area contributed by atoms with Crippen molar-refractivity contribution in [2.75, 3.05) is 19.7 Å². The van der Waals surface area contributed by atoms with Crippen LogP contribution in [0.15, 0.2) is 22.7 Å². The van der Waals surface area contributed by atoms with Crippen LogP contribution >= 0.6 is 15.9 Å². The molecule has 0 saturated carbocycles. The lowest BCUT2D eigenvalue weighted by Gasteiger charge is -2.25. The van der Waals surface area contributed by atoms with Gasteiger partial charge in [0.15, 0.2) is 0 Å². The number of amides is 1. The average molecular weight is 331 g/mol. The van der Waals surface area contributed by atoms with Crippen LogP contribution in [-0.2, 0) is 4.79 Å². The molecule has 1 aliphatic rings. The Morgan fingerprint density at radius 1 is 1.63 bits per heavy atom. The number of nitrogens with two attached hydrogens (primary N) is 1. The van der Waals surface area contributed by atoms with Gasteiger partial charge in [-0.25, -0.2) is 4.39 Å². The molecule has 1 aliphatic heterocycles. The van der Waals surface area contributed by atoms with Gasteiger partial charge in [0.25, 0.3) is 0 Å². The molecule has 2 rings (SSSR count). The second-order valence-corrected chi connectivity index (χ2v) is 5.72. The van der Waals surface area contributed by atoms with Gasteiger partial charge in [-0.1, -0.05) is 22.0 Å². The monoisotopic (exact) mass is 330 g/mol. The van der Waals surface area contributed by atoms with E-state index in [0.29, 0.717) is 17.6 Å². The van der Waals surface area contributed by atoms with Crippen molar-refractivity contribution in [3.8, 4) is 0 Å². The molecule has 104 valence electrons. The summed E-state index contributed by atoms with van der Waals surface area (Å²) in [5.41, 5.74) is 5.71. The normalized spacial score (nSPS) is 21.5. The molecule has 1 saturated heterocycles. The van der Waals surface area contributed by atoms with Crippen LogP contribution < -0.4 is 5.73 Å². The number of likely N-dealkylation sites (tertiary alicyclic amines) is 1. The number of carbonyl (C=O) groups excluding carboxylic acids is 1. The summed E-state index contributed by atoms with van der Waals surface area (Å²) in [6.45, 7) is 1.26. The standard InChI is InChI=1S/C13H16BrFN2O2/c14-9-1-2-10(11(15)5-9)12(13(16)19)17-4-3-8(6-17)7-18/h1-2,5,8,12,18H,3-4,6-7H2,(H2,16,19). The minimum absolute atomic E-state index is 0.0742. The fourth-order valence-electron chi connectivity index (χ4n) is 2.50.